The SMILES string of the molecule is [C]1=NOc2ccccc2C=C1. The third-order valence-corrected chi connectivity index (χ3v) is 1.45. The van der Waals surface area contributed by atoms with Crippen LogP contribution in [0.25, 0.3) is 6.08 Å². The fourth-order valence-corrected chi connectivity index (χ4v) is 0.934. The van der Waals surface area contributed by atoms with Gasteiger partial charge in [0.25, 0.3) is 0 Å². The van der Waals surface area contributed by atoms with E-state index in [0.717, 1.165) is 11.3 Å². The number of allylic oxidation sites excluding steroid dienone is 1. The lowest BCUT2D eigenvalue weighted by Crippen LogP contribution is -1.82. The van der Waals surface area contributed by atoms with Crippen molar-refractivity contribution in [2.24, 2.45) is 5.16 Å². The zero-order chi connectivity index (χ0) is 7.52. The maximum atomic E-state index is 5.00. The lowest BCUT2D eigenvalue weighted by Gasteiger charge is -1.98. The first-order valence-corrected chi connectivity index (χ1v) is 3.35. The van der Waals surface area contributed by atoms with E-state index >= 15 is 0 Å². The van der Waals surface area contributed by atoms with Crippen LogP contribution in [-0.2, 0) is 0 Å². The second kappa shape index (κ2) is 2.58. The standard InChI is InChI=1S/C9H6NO/c1-2-6-9-8(4-1)5-3-7-10-11-9/h1-6H. The Morgan fingerprint density at radius 2 is 2.18 bits per heavy atom. The number of para-hydroxylation sites is 1. The Labute approximate surface area is 64.8 Å². The first-order valence-electron chi connectivity index (χ1n) is 3.35. The van der Waals surface area contributed by atoms with Gasteiger partial charge in [-0.2, -0.15) is 0 Å². The molecular formula is C9H6NO. The zero-order valence-corrected chi connectivity index (χ0v) is 5.82. The molecule has 0 amide bonds. The Kier molecular flexibility index (Phi) is 1.44. The summed E-state index contributed by atoms with van der Waals surface area (Å²) in [5.74, 6) is 0.772. The van der Waals surface area contributed by atoms with E-state index in [1.807, 2.05) is 30.3 Å². The van der Waals surface area contributed by atoms with Crippen LogP contribution in [0.15, 0.2) is 35.5 Å². The minimum absolute atomic E-state index is 0.772. The van der Waals surface area contributed by atoms with E-state index in [9.17, 15) is 0 Å². The van der Waals surface area contributed by atoms with Gasteiger partial charge in [0.1, 0.15) is 6.21 Å². The topological polar surface area (TPSA) is 21.6 Å². The van der Waals surface area contributed by atoms with Crippen LogP contribution in [0.1, 0.15) is 5.56 Å². The molecule has 1 heterocycles. The van der Waals surface area contributed by atoms with Crippen LogP contribution >= 0.6 is 0 Å². The quantitative estimate of drug-likeness (QED) is 0.545. The molecule has 1 radical (unpaired) electrons. The molecule has 0 saturated heterocycles. The molecule has 2 nitrogen and oxygen atoms in total. The summed E-state index contributed by atoms with van der Waals surface area (Å²) < 4.78 is 0. The van der Waals surface area contributed by atoms with Crippen molar-refractivity contribution >= 4 is 12.3 Å². The lowest BCUT2D eigenvalue weighted by molar-refractivity contribution is 0.344. The minimum Gasteiger partial charge on any atom is -0.356 e. The van der Waals surface area contributed by atoms with Crippen LogP contribution in [0.2, 0.25) is 0 Å². The van der Waals surface area contributed by atoms with Crippen LogP contribution < -0.4 is 4.84 Å². The summed E-state index contributed by atoms with van der Waals surface area (Å²) in [4.78, 5) is 5.00. The second-order valence-corrected chi connectivity index (χ2v) is 2.18. The highest BCUT2D eigenvalue weighted by atomic mass is 16.6. The van der Waals surface area contributed by atoms with Gasteiger partial charge < -0.3 is 4.84 Å². The Morgan fingerprint density at radius 3 is 3.18 bits per heavy atom. The van der Waals surface area contributed by atoms with E-state index in [-0.39, 0.29) is 0 Å². The van der Waals surface area contributed by atoms with E-state index in [0.29, 0.717) is 0 Å². The molecule has 0 unspecified atom stereocenters. The van der Waals surface area contributed by atoms with Gasteiger partial charge >= 0.3 is 0 Å². The maximum Gasteiger partial charge on any atom is 0.165 e. The van der Waals surface area contributed by atoms with Crippen molar-refractivity contribution in [3.05, 3.63) is 35.9 Å². The molecule has 1 aliphatic rings. The number of nitrogens with zero attached hydrogens (tertiary/aromatic N) is 1. The van der Waals surface area contributed by atoms with Gasteiger partial charge in [0.05, 0.1) is 0 Å². The molecule has 1 aliphatic heterocycles. The normalized spacial score (nSPS) is 13.5. The fraction of sp³-hybridized carbons (Fsp3) is 0. The molecule has 1 aromatic carbocycles. The second-order valence-electron chi connectivity index (χ2n) is 2.18. The summed E-state index contributed by atoms with van der Waals surface area (Å²) in [7, 11) is 0. The molecule has 0 N–H and O–H groups in total. The van der Waals surface area contributed by atoms with Gasteiger partial charge in [0.2, 0.25) is 0 Å². The predicted molar refractivity (Wildman–Crippen MR) is 43.5 cm³/mol. The van der Waals surface area contributed by atoms with E-state index in [1.165, 1.54) is 0 Å². The largest absolute Gasteiger partial charge is 0.356 e. The predicted octanol–water partition coefficient (Wildman–Crippen LogP) is 1.96. The third kappa shape index (κ3) is 1.15. The fourth-order valence-electron chi connectivity index (χ4n) is 0.934. The van der Waals surface area contributed by atoms with Crippen molar-refractivity contribution in [2.75, 3.05) is 0 Å². The number of hydrogen-bond donors (Lipinski definition) is 0. The molecule has 0 saturated carbocycles. The molecule has 0 aromatic heterocycles. The summed E-state index contributed by atoms with van der Waals surface area (Å²) in [5, 5.41) is 3.58. The summed E-state index contributed by atoms with van der Waals surface area (Å²) in [6.45, 7) is 0. The van der Waals surface area contributed by atoms with Crippen LogP contribution in [0.3, 0.4) is 0 Å². The first kappa shape index (κ1) is 6.16. The zero-order valence-electron chi connectivity index (χ0n) is 5.82. The average Bonchev–Trinajstić information content (AvgIpc) is 2.28. The molecule has 0 fully saturated rings. The van der Waals surface area contributed by atoms with Gasteiger partial charge in [-0.05, 0) is 18.2 Å². The lowest BCUT2D eigenvalue weighted by atomic mass is 10.2. The van der Waals surface area contributed by atoms with Gasteiger partial charge in [-0.1, -0.05) is 23.4 Å². The smallest absolute Gasteiger partial charge is 0.165 e. The monoisotopic (exact) mass is 144 g/mol. The summed E-state index contributed by atoms with van der Waals surface area (Å²) in [6, 6.07) is 7.70. The van der Waals surface area contributed by atoms with Crippen molar-refractivity contribution in [3.63, 3.8) is 0 Å². The van der Waals surface area contributed by atoms with E-state index in [4.69, 9.17) is 4.84 Å². The molecule has 2 heteroatoms. The molecule has 0 atom stereocenters. The Bertz CT molecular complexity index is 315. The highest BCUT2D eigenvalue weighted by Gasteiger charge is 1.99. The Balaban J connectivity index is 2.52. The van der Waals surface area contributed by atoms with Gasteiger partial charge in [-0.3, -0.25) is 0 Å². The number of rotatable bonds is 0. The summed E-state index contributed by atoms with van der Waals surface area (Å²) >= 11 is 0. The summed E-state index contributed by atoms with van der Waals surface area (Å²) in [6.07, 6.45) is 6.25. The van der Waals surface area contributed by atoms with Crippen LogP contribution in [0.4, 0.5) is 0 Å². The third-order valence-electron chi connectivity index (χ3n) is 1.45. The molecule has 1 aromatic rings. The molecule has 53 valence electrons. The van der Waals surface area contributed by atoms with Crippen molar-refractivity contribution in [2.45, 2.75) is 0 Å². The van der Waals surface area contributed by atoms with Crippen molar-refractivity contribution in [1.29, 1.82) is 0 Å². The van der Waals surface area contributed by atoms with Gasteiger partial charge in [0.15, 0.2) is 5.75 Å². The Hall–Kier alpha value is -1.57. The molecule has 0 spiro atoms. The molecular weight excluding hydrogens is 138 g/mol. The first-order chi connectivity index (χ1) is 5.47. The Morgan fingerprint density at radius 1 is 1.27 bits per heavy atom. The minimum atomic E-state index is 0.772. The average molecular weight is 144 g/mol. The van der Waals surface area contributed by atoms with E-state index in [1.54, 1.807) is 6.08 Å². The number of fused-ring (bicyclic) bond motifs is 1. The molecule has 11 heavy (non-hydrogen) atoms. The van der Waals surface area contributed by atoms with Crippen molar-refractivity contribution in [3.8, 4) is 5.75 Å². The van der Waals surface area contributed by atoms with Gasteiger partial charge in [-0.15, -0.1) is 0 Å². The maximum absolute atomic E-state index is 5.00. The van der Waals surface area contributed by atoms with Crippen LogP contribution in [-0.4, -0.2) is 6.21 Å². The number of hydrogen-bond acceptors (Lipinski definition) is 2. The molecule has 0 bridgehead atoms. The van der Waals surface area contributed by atoms with E-state index in [2.05, 4.69) is 11.4 Å². The van der Waals surface area contributed by atoms with Gasteiger partial charge in [-0.25, -0.2) is 0 Å². The van der Waals surface area contributed by atoms with Crippen LogP contribution in [0, 0.1) is 0 Å². The van der Waals surface area contributed by atoms with Crippen molar-refractivity contribution < 1.29 is 4.84 Å². The molecule has 2 rings (SSSR count). The van der Waals surface area contributed by atoms with Crippen molar-refractivity contribution in [1.82, 2.24) is 0 Å². The van der Waals surface area contributed by atoms with Gasteiger partial charge in [0, 0.05) is 5.56 Å². The summed E-state index contributed by atoms with van der Waals surface area (Å²) in [5.41, 5.74) is 1.03. The molecule has 0 aliphatic carbocycles. The van der Waals surface area contributed by atoms with Crippen LogP contribution in [0.5, 0.6) is 5.75 Å². The highest BCUT2D eigenvalue weighted by molar-refractivity contribution is 5.80. The van der Waals surface area contributed by atoms with E-state index < -0.39 is 0 Å². The highest BCUT2D eigenvalue weighted by Crippen LogP contribution is 2.20. The number of benzene rings is 1.